The second-order valence-electron chi connectivity index (χ2n) is 5.72. The van der Waals surface area contributed by atoms with Crippen molar-refractivity contribution < 1.29 is 14.3 Å². The summed E-state index contributed by atoms with van der Waals surface area (Å²) in [7, 11) is 0. The van der Waals surface area contributed by atoms with Crippen molar-refractivity contribution in [1.29, 1.82) is 0 Å². The van der Waals surface area contributed by atoms with Crippen LogP contribution in [0.25, 0.3) is 0 Å². The van der Waals surface area contributed by atoms with Crippen LogP contribution in [-0.4, -0.2) is 25.7 Å². The molecule has 0 aliphatic rings. The van der Waals surface area contributed by atoms with Gasteiger partial charge in [0, 0.05) is 6.54 Å². The molecule has 0 saturated carbocycles. The molecule has 1 atom stereocenters. The van der Waals surface area contributed by atoms with Crippen molar-refractivity contribution in [2.24, 2.45) is 0 Å². The Bertz CT molecular complexity index is 611. The SMILES string of the molecule is CCCOc1ccc(OCC(=O)NCC(C)c2ccccc2)cc1. The summed E-state index contributed by atoms with van der Waals surface area (Å²) in [6.45, 7) is 5.45. The van der Waals surface area contributed by atoms with Crippen molar-refractivity contribution >= 4 is 5.91 Å². The fraction of sp³-hybridized carbons (Fsp3) is 0.350. The van der Waals surface area contributed by atoms with Crippen molar-refractivity contribution in [3.05, 3.63) is 60.2 Å². The Morgan fingerprint density at radius 3 is 2.25 bits per heavy atom. The van der Waals surface area contributed by atoms with E-state index in [2.05, 4.69) is 31.3 Å². The number of amides is 1. The largest absolute Gasteiger partial charge is 0.494 e. The van der Waals surface area contributed by atoms with E-state index in [-0.39, 0.29) is 18.4 Å². The van der Waals surface area contributed by atoms with Crippen LogP contribution in [0.1, 0.15) is 31.7 Å². The van der Waals surface area contributed by atoms with Crippen molar-refractivity contribution in [1.82, 2.24) is 5.32 Å². The molecule has 0 radical (unpaired) electrons. The van der Waals surface area contributed by atoms with Gasteiger partial charge in [-0.05, 0) is 42.2 Å². The fourth-order valence-corrected chi connectivity index (χ4v) is 2.22. The minimum atomic E-state index is -0.121. The molecule has 2 aromatic carbocycles. The molecule has 128 valence electrons. The van der Waals surface area contributed by atoms with Crippen molar-refractivity contribution in [3.8, 4) is 11.5 Å². The highest BCUT2D eigenvalue weighted by Gasteiger charge is 2.08. The molecule has 2 aromatic rings. The van der Waals surface area contributed by atoms with Gasteiger partial charge in [-0.3, -0.25) is 4.79 Å². The third kappa shape index (κ3) is 5.95. The summed E-state index contributed by atoms with van der Waals surface area (Å²) >= 11 is 0. The fourth-order valence-electron chi connectivity index (χ4n) is 2.22. The number of carbonyl (C=O) groups excluding carboxylic acids is 1. The summed E-state index contributed by atoms with van der Waals surface area (Å²) < 4.78 is 11.0. The average molecular weight is 327 g/mol. The van der Waals surface area contributed by atoms with E-state index < -0.39 is 0 Å². The molecule has 1 N–H and O–H groups in total. The number of carbonyl (C=O) groups is 1. The number of rotatable bonds is 9. The summed E-state index contributed by atoms with van der Waals surface area (Å²) in [4.78, 5) is 11.9. The lowest BCUT2D eigenvalue weighted by atomic mass is 10.0. The zero-order valence-corrected chi connectivity index (χ0v) is 14.3. The van der Waals surface area contributed by atoms with E-state index in [1.807, 2.05) is 42.5 Å². The molecule has 0 saturated heterocycles. The summed E-state index contributed by atoms with van der Waals surface area (Å²) in [5.41, 5.74) is 1.21. The van der Waals surface area contributed by atoms with Crippen LogP contribution in [0.4, 0.5) is 0 Å². The number of benzene rings is 2. The summed E-state index contributed by atoms with van der Waals surface area (Å²) in [6, 6.07) is 17.4. The Kier molecular flexibility index (Phi) is 7.15. The van der Waals surface area contributed by atoms with E-state index in [9.17, 15) is 4.79 Å². The van der Waals surface area contributed by atoms with E-state index >= 15 is 0 Å². The quantitative estimate of drug-likeness (QED) is 0.762. The normalized spacial score (nSPS) is 11.6. The third-order valence-corrected chi connectivity index (χ3v) is 3.64. The molecule has 24 heavy (non-hydrogen) atoms. The predicted octanol–water partition coefficient (Wildman–Crippen LogP) is 3.77. The molecular weight excluding hydrogens is 302 g/mol. The van der Waals surface area contributed by atoms with Gasteiger partial charge in [0.05, 0.1) is 6.61 Å². The maximum Gasteiger partial charge on any atom is 0.257 e. The second-order valence-corrected chi connectivity index (χ2v) is 5.72. The molecule has 4 heteroatoms. The minimum Gasteiger partial charge on any atom is -0.494 e. The average Bonchev–Trinajstić information content (AvgIpc) is 2.64. The monoisotopic (exact) mass is 327 g/mol. The van der Waals surface area contributed by atoms with Gasteiger partial charge >= 0.3 is 0 Å². The topological polar surface area (TPSA) is 47.6 Å². The van der Waals surface area contributed by atoms with E-state index in [1.165, 1.54) is 5.56 Å². The molecular formula is C20H25NO3. The first-order chi connectivity index (χ1) is 11.7. The van der Waals surface area contributed by atoms with Gasteiger partial charge in [-0.1, -0.05) is 44.2 Å². The molecule has 0 aliphatic heterocycles. The van der Waals surface area contributed by atoms with Crippen LogP contribution in [0.2, 0.25) is 0 Å². The van der Waals surface area contributed by atoms with Crippen molar-refractivity contribution in [3.63, 3.8) is 0 Å². The molecule has 0 bridgehead atoms. The zero-order valence-electron chi connectivity index (χ0n) is 14.3. The standard InChI is InChI=1S/C20H25NO3/c1-3-13-23-18-9-11-19(12-10-18)24-15-20(22)21-14-16(2)17-7-5-4-6-8-17/h4-12,16H,3,13-15H2,1-2H3,(H,21,22). The molecule has 4 nitrogen and oxygen atoms in total. The first kappa shape index (κ1) is 17.9. The Morgan fingerprint density at radius 2 is 1.62 bits per heavy atom. The van der Waals surface area contributed by atoms with E-state index in [1.54, 1.807) is 0 Å². The summed E-state index contributed by atoms with van der Waals surface area (Å²) in [6.07, 6.45) is 0.972. The van der Waals surface area contributed by atoms with Gasteiger partial charge in [0.1, 0.15) is 11.5 Å². The zero-order chi connectivity index (χ0) is 17.2. The van der Waals surface area contributed by atoms with Crippen LogP contribution in [0.15, 0.2) is 54.6 Å². The lowest BCUT2D eigenvalue weighted by Gasteiger charge is -2.13. The Morgan fingerprint density at radius 1 is 1.00 bits per heavy atom. The lowest BCUT2D eigenvalue weighted by Crippen LogP contribution is -2.31. The maximum absolute atomic E-state index is 11.9. The highest BCUT2D eigenvalue weighted by Crippen LogP contribution is 2.17. The number of ether oxygens (including phenoxy) is 2. The smallest absolute Gasteiger partial charge is 0.257 e. The molecule has 0 spiro atoms. The molecule has 0 fully saturated rings. The van der Waals surface area contributed by atoms with Gasteiger partial charge in [0.25, 0.3) is 5.91 Å². The van der Waals surface area contributed by atoms with Gasteiger partial charge in [-0.2, -0.15) is 0 Å². The molecule has 1 amide bonds. The number of nitrogens with one attached hydrogen (secondary N) is 1. The number of hydrogen-bond acceptors (Lipinski definition) is 3. The molecule has 0 aliphatic carbocycles. The predicted molar refractivity (Wildman–Crippen MR) is 95.6 cm³/mol. The first-order valence-corrected chi connectivity index (χ1v) is 8.36. The van der Waals surface area contributed by atoms with Crippen molar-refractivity contribution in [2.75, 3.05) is 19.8 Å². The highest BCUT2D eigenvalue weighted by atomic mass is 16.5. The van der Waals surface area contributed by atoms with Crippen LogP contribution >= 0.6 is 0 Å². The van der Waals surface area contributed by atoms with Crippen molar-refractivity contribution in [2.45, 2.75) is 26.2 Å². The van der Waals surface area contributed by atoms with Crippen LogP contribution in [0.3, 0.4) is 0 Å². The first-order valence-electron chi connectivity index (χ1n) is 8.36. The Labute approximate surface area is 143 Å². The minimum absolute atomic E-state index is 0.0106. The van der Waals surface area contributed by atoms with Gasteiger partial charge in [0.15, 0.2) is 6.61 Å². The summed E-state index contributed by atoms with van der Waals surface area (Å²) in [5.74, 6) is 1.62. The third-order valence-electron chi connectivity index (χ3n) is 3.64. The van der Waals surface area contributed by atoms with Gasteiger partial charge in [0.2, 0.25) is 0 Å². The molecule has 1 unspecified atom stereocenters. The molecule has 0 heterocycles. The maximum atomic E-state index is 11.9. The van der Waals surface area contributed by atoms with Gasteiger partial charge in [-0.15, -0.1) is 0 Å². The Hall–Kier alpha value is -2.49. The summed E-state index contributed by atoms with van der Waals surface area (Å²) in [5, 5.41) is 2.90. The van der Waals surface area contributed by atoms with Crippen LogP contribution in [0, 0.1) is 0 Å². The molecule has 0 aromatic heterocycles. The van der Waals surface area contributed by atoms with E-state index in [0.29, 0.717) is 18.9 Å². The number of hydrogen-bond donors (Lipinski definition) is 1. The Balaban J connectivity index is 1.71. The van der Waals surface area contributed by atoms with Gasteiger partial charge < -0.3 is 14.8 Å². The van der Waals surface area contributed by atoms with E-state index in [4.69, 9.17) is 9.47 Å². The van der Waals surface area contributed by atoms with Crippen LogP contribution in [0.5, 0.6) is 11.5 Å². The van der Waals surface area contributed by atoms with Crippen LogP contribution in [-0.2, 0) is 4.79 Å². The van der Waals surface area contributed by atoms with Crippen LogP contribution < -0.4 is 14.8 Å². The lowest BCUT2D eigenvalue weighted by molar-refractivity contribution is -0.123. The van der Waals surface area contributed by atoms with Gasteiger partial charge in [-0.25, -0.2) is 0 Å². The van der Waals surface area contributed by atoms with E-state index in [0.717, 1.165) is 12.2 Å². The second kappa shape index (κ2) is 9.60. The highest BCUT2D eigenvalue weighted by molar-refractivity contribution is 5.77. The molecule has 2 rings (SSSR count).